The van der Waals surface area contributed by atoms with Crippen molar-refractivity contribution in [2.24, 2.45) is 5.92 Å². The van der Waals surface area contributed by atoms with E-state index in [2.05, 4.69) is 5.32 Å². The molecule has 0 saturated heterocycles. The number of nitrogens with one attached hydrogen (secondary N) is 1. The van der Waals surface area contributed by atoms with Crippen molar-refractivity contribution in [2.75, 3.05) is 0 Å². The van der Waals surface area contributed by atoms with E-state index in [1.807, 2.05) is 0 Å². The van der Waals surface area contributed by atoms with Crippen molar-refractivity contribution in [3.8, 4) is 0 Å². The number of amides is 1. The fourth-order valence-electron chi connectivity index (χ4n) is 3.00. The Morgan fingerprint density at radius 3 is 2.27 bits per heavy atom. The van der Waals surface area contributed by atoms with Gasteiger partial charge < -0.3 is 5.32 Å². The van der Waals surface area contributed by atoms with Crippen LogP contribution in [-0.4, -0.2) is 11.9 Å². The molecule has 0 radical (unpaired) electrons. The van der Waals surface area contributed by atoms with Gasteiger partial charge in [-0.3, -0.25) is 4.79 Å². The highest BCUT2D eigenvalue weighted by atomic mass is 16.1. The maximum absolute atomic E-state index is 11.6. The number of hydrogen-bond acceptors (Lipinski definition) is 1. The van der Waals surface area contributed by atoms with Crippen molar-refractivity contribution < 1.29 is 4.79 Å². The normalized spacial score (nSPS) is 23.5. The molecule has 0 heterocycles. The molecule has 2 aliphatic carbocycles. The number of carbonyl (C=O) groups is 1. The van der Waals surface area contributed by atoms with Gasteiger partial charge in [-0.1, -0.05) is 38.5 Å². The summed E-state index contributed by atoms with van der Waals surface area (Å²) in [5.74, 6) is 1.15. The van der Waals surface area contributed by atoms with Crippen molar-refractivity contribution in [3.05, 3.63) is 0 Å². The summed E-state index contributed by atoms with van der Waals surface area (Å²) in [5.41, 5.74) is 0. The van der Waals surface area contributed by atoms with Crippen molar-refractivity contribution in [2.45, 2.75) is 70.3 Å². The Morgan fingerprint density at radius 1 is 1.00 bits per heavy atom. The summed E-state index contributed by atoms with van der Waals surface area (Å²) in [4.78, 5) is 11.6. The Kier molecular flexibility index (Phi) is 4.04. The highest BCUT2D eigenvalue weighted by molar-refractivity contribution is 5.76. The number of rotatable bonds is 4. The molecule has 0 aliphatic heterocycles. The van der Waals surface area contributed by atoms with Gasteiger partial charge in [-0.25, -0.2) is 0 Å². The molecule has 2 aliphatic rings. The SMILES string of the molecule is O=C(CCC1CCCC1)NC1CCCC1. The predicted octanol–water partition coefficient (Wildman–Crippen LogP) is 3.02. The summed E-state index contributed by atoms with van der Waals surface area (Å²) in [6, 6.07) is 0.501. The third-order valence-corrected chi connectivity index (χ3v) is 3.97. The van der Waals surface area contributed by atoms with E-state index in [0.29, 0.717) is 11.9 Å². The van der Waals surface area contributed by atoms with Crippen LogP contribution >= 0.6 is 0 Å². The maximum atomic E-state index is 11.6. The number of carbonyl (C=O) groups excluding carboxylic acids is 1. The van der Waals surface area contributed by atoms with Crippen LogP contribution < -0.4 is 5.32 Å². The summed E-state index contributed by atoms with van der Waals surface area (Å²) < 4.78 is 0. The van der Waals surface area contributed by atoms with Gasteiger partial charge in [-0.05, 0) is 25.2 Å². The molecular formula is C13H23NO. The maximum Gasteiger partial charge on any atom is 0.220 e. The van der Waals surface area contributed by atoms with E-state index in [9.17, 15) is 4.79 Å². The highest BCUT2D eigenvalue weighted by Gasteiger charge is 2.19. The summed E-state index contributed by atoms with van der Waals surface area (Å²) in [7, 11) is 0. The van der Waals surface area contributed by atoms with Crippen molar-refractivity contribution in [3.63, 3.8) is 0 Å². The number of hydrogen-bond donors (Lipinski definition) is 1. The van der Waals surface area contributed by atoms with Crippen molar-refractivity contribution in [1.29, 1.82) is 0 Å². The lowest BCUT2D eigenvalue weighted by molar-refractivity contribution is -0.122. The predicted molar refractivity (Wildman–Crippen MR) is 61.6 cm³/mol. The second kappa shape index (κ2) is 5.53. The summed E-state index contributed by atoms with van der Waals surface area (Å²) in [6.45, 7) is 0. The lowest BCUT2D eigenvalue weighted by Crippen LogP contribution is -2.32. The summed E-state index contributed by atoms with van der Waals surface area (Å²) in [6.07, 6.45) is 12.4. The zero-order chi connectivity index (χ0) is 10.5. The molecule has 0 aromatic rings. The fraction of sp³-hybridized carbons (Fsp3) is 0.923. The molecule has 0 aromatic carbocycles. The minimum atomic E-state index is 0.300. The second-order valence-electron chi connectivity index (χ2n) is 5.24. The zero-order valence-corrected chi connectivity index (χ0v) is 9.63. The van der Waals surface area contributed by atoms with Crippen LogP contribution in [0.15, 0.2) is 0 Å². The second-order valence-corrected chi connectivity index (χ2v) is 5.24. The molecule has 86 valence electrons. The van der Waals surface area contributed by atoms with Gasteiger partial charge in [0.1, 0.15) is 0 Å². The van der Waals surface area contributed by atoms with Crippen LogP contribution in [0.1, 0.15) is 64.2 Å². The minimum absolute atomic E-state index is 0.300. The minimum Gasteiger partial charge on any atom is -0.353 e. The van der Waals surface area contributed by atoms with Crippen LogP contribution in [-0.2, 0) is 4.79 Å². The molecule has 2 nitrogen and oxygen atoms in total. The van der Waals surface area contributed by atoms with Gasteiger partial charge in [0.15, 0.2) is 0 Å². The molecular weight excluding hydrogens is 186 g/mol. The van der Waals surface area contributed by atoms with Gasteiger partial charge in [0, 0.05) is 12.5 Å². The van der Waals surface area contributed by atoms with E-state index in [1.54, 1.807) is 0 Å². The first-order valence-electron chi connectivity index (χ1n) is 6.64. The van der Waals surface area contributed by atoms with E-state index >= 15 is 0 Å². The van der Waals surface area contributed by atoms with Gasteiger partial charge in [-0.2, -0.15) is 0 Å². The van der Waals surface area contributed by atoms with Gasteiger partial charge in [-0.15, -0.1) is 0 Å². The topological polar surface area (TPSA) is 29.1 Å². The van der Waals surface area contributed by atoms with E-state index in [-0.39, 0.29) is 0 Å². The molecule has 1 amide bonds. The Hall–Kier alpha value is -0.530. The van der Waals surface area contributed by atoms with Crippen LogP contribution in [0, 0.1) is 5.92 Å². The molecule has 2 saturated carbocycles. The lowest BCUT2D eigenvalue weighted by Gasteiger charge is -2.13. The summed E-state index contributed by atoms with van der Waals surface area (Å²) >= 11 is 0. The van der Waals surface area contributed by atoms with Crippen LogP contribution in [0.5, 0.6) is 0 Å². The standard InChI is InChI=1S/C13H23NO/c15-13(14-12-7-3-4-8-12)10-9-11-5-1-2-6-11/h11-12H,1-10H2,(H,14,15). The van der Waals surface area contributed by atoms with Crippen LogP contribution in [0.4, 0.5) is 0 Å². The first-order chi connectivity index (χ1) is 7.34. The first-order valence-corrected chi connectivity index (χ1v) is 6.64. The lowest BCUT2D eigenvalue weighted by atomic mass is 10.0. The molecule has 0 atom stereocenters. The van der Waals surface area contributed by atoms with Crippen molar-refractivity contribution in [1.82, 2.24) is 5.32 Å². The van der Waals surface area contributed by atoms with Gasteiger partial charge in [0.05, 0.1) is 0 Å². The Balaban J connectivity index is 1.59. The first kappa shape index (κ1) is 11.0. The molecule has 0 unspecified atom stereocenters. The molecule has 0 bridgehead atoms. The molecule has 1 N–H and O–H groups in total. The molecule has 2 fully saturated rings. The molecule has 15 heavy (non-hydrogen) atoms. The monoisotopic (exact) mass is 209 g/mol. The third kappa shape index (κ3) is 3.51. The highest BCUT2D eigenvalue weighted by Crippen LogP contribution is 2.28. The van der Waals surface area contributed by atoms with E-state index in [4.69, 9.17) is 0 Å². The quantitative estimate of drug-likeness (QED) is 0.757. The Bertz CT molecular complexity index is 203. The van der Waals surface area contributed by atoms with E-state index < -0.39 is 0 Å². The Labute approximate surface area is 92.8 Å². The van der Waals surface area contributed by atoms with E-state index in [0.717, 1.165) is 18.8 Å². The summed E-state index contributed by atoms with van der Waals surface area (Å²) in [5, 5.41) is 3.16. The van der Waals surface area contributed by atoms with Crippen LogP contribution in [0.2, 0.25) is 0 Å². The van der Waals surface area contributed by atoms with Crippen LogP contribution in [0.25, 0.3) is 0 Å². The third-order valence-electron chi connectivity index (χ3n) is 3.97. The average Bonchev–Trinajstić information content (AvgIpc) is 2.86. The molecule has 2 heteroatoms. The van der Waals surface area contributed by atoms with E-state index in [1.165, 1.54) is 51.4 Å². The van der Waals surface area contributed by atoms with Gasteiger partial charge >= 0.3 is 0 Å². The molecule has 0 aromatic heterocycles. The average molecular weight is 209 g/mol. The molecule has 0 spiro atoms. The largest absolute Gasteiger partial charge is 0.353 e. The van der Waals surface area contributed by atoms with Gasteiger partial charge in [0.25, 0.3) is 0 Å². The Morgan fingerprint density at radius 2 is 1.60 bits per heavy atom. The smallest absolute Gasteiger partial charge is 0.220 e. The molecule has 2 rings (SSSR count). The zero-order valence-electron chi connectivity index (χ0n) is 9.63. The fourth-order valence-corrected chi connectivity index (χ4v) is 3.00. The van der Waals surface area contributed by atoms with Crippen molar-refractivity contribution >= 4 is 5.91 Å². The van der Waals surface area contributed by atoms with Crippen LogP contribution in [0.3, 0.4) is 0 Å². The van der Waals surface area contributed by atoms with Gasteiger partial charge in [0.2, 0.25) is 5.91 Å².